The van der Waals surface area contributed by atoms with Crippen LogP contribution in [0.3, 0.4) is 0 Å². The molecule has 0 spiro atoms. The Hall–Kier alpha value is -1.52. The third-order valence-corrected chi connectivity index (χ3v) is 2.73. The highest BCUT2D eigenvalue weighted by Gasteiger charge is 2.18. The first-order valence-corrected chi connectivity index (χ1v) is 5.49. The number of aromatic amines is 1. The number of aromatic carboxylic acids is 1. The molecule has 0 unspecified atom stereocenters. The van der Waals surface area contributed by atoms with Crippen LogP contribution >= 0.6 is 23.2 Å². The zero-order chi connectivity index (χ0) is 12.6. The number of carboxylic acid groups (broad SMARTS) is 1. The first-order valence-electron chi connectivity index (χ1n) is 4.73. The van der Waals surface area contributed by atoms with Gasteiger partial charge < -0.3 is 5.11 Å². The number of rotatable bonds is 2. The van der Waals surface area contributed by atoms with Crippen molar-refractivity contribution in [3.05, 3.63) is 39.5 Å². The lowest BCUT2D eigenvalue weighted by atomic mass is 10.1. The highest BCUT2D eigenvalue weighted by atomic mass is 35.5. The van der Waals surface area contributed by atoms with Crippen LogP contribution in [0.2, 0.25) is 10.0 Å². The number of aromatic nitrogens is 2. The van der Waals surface area contributed by atoms with Crippen LogP contribution in [0.15, 0.2) is 18.2 Å². The Labute approximate surface area is 107 Å². The van der Waals surface area contributed by atoms with Gasteiger partial charge in [0.15, 0.2) is 0 Å². The number of carbonyl (C=O) groups is 1. The second-order valence-electron chi connectivity index (χ2n) is 3.54. The van der Waals surface area contributed by atoms with Crippen LogP contribution in [0.4, 0.5) is 0 Å². The quantitative estimate of drug-likeness (QED) is 0.879. The molecule has 6 heteroatoms. The highest BCUT2D eigenvalue weighted by molar-refractivity contribution is 6.35. The first-order chi connectivity index (χ1) is 7.99. The molecule has 4 nitrogen and oxygen atoms in total. The highest BCUT2D eigenvalue weighted by Crippen LogP contribution is 2.29. The molecular weight excluding hydrogens is 263 g/mol. The van der Waals surface area contributed by atoms with Crippen molar-refractivity contribution < 1.29 is 9.90 Å². The minimum atomic E-state index is -1.04. The molecule has 0 aliphatic carbocycles. The molecule has 17 heavy (non-hydrogen) atoms. The van der Waals surface area contributed by atoms with Crippen LogP contribution in [0.5, 0.6) is 0 Å². The van der Waals surface area contributed by atoms with Gasteiger partial charge in [0.1, 0.15) is 11.3 Å². The Bertz CT molecular complexity index is 573. The Morgan fingerprint density at radius 3 is 2.41 bits per heavy atom. The lowest BCUT2D eigenvalue weighted by Crippen LogP contribution is -1.99. The molecule has 1 aromatic carbocycles. The van der Waals surface area contributed by atoms with E-state index < -0.39 is 5.97 Å². The predicted octanol–water partition coefficient (Wildman–Crippen LogP) is 3.39. The lowest BCUT2D eigenvalue weighted by molar-refractivity contribution is 0.0697. The molecule has 88 valence electrons. The summed E-state index contributed by atoms with van der Waals surface area (Å²) in [6, 6.07) is 4.82. The van der Waals surface area contributed by atoms with E-state index in [1.54, 1.807) is 25.1 Å². The van der Waals surface area contributed by atoms with E-state index in [-0.39, 0.29) is 5.56 Å². The summed E-state index contributed by atoms with van der Waals surface area (Å²) in [7, 11) is 0. The van der Waals surface area contributed by atoms with Crippen molar-refractivity contribution >= 4 is 29.2 Å². The van der Waals surface area contributed by atoms with E-state index in [1.807, 2.05) is 0 Å². The van der Waals surface area contributed by atoms with Crippen LogP contribution in [0, 0.1) is 6.92 Å². The Balaban J connectivity index is 2.64. The molecule has 0 bridgehead atoms. The van der Waals surface area contributed by atoms with Gasteiger partial charge in [-0.15, -0.1) is 0 Å². The summed E-state index contributed by atoms with van der Waals surface area (Å²) in [5.74, 6) is -1.04. The molecule has 1 aromatic heterocycles. The fourth-order valence-corrected chi connectivity index (χ4v) is 2.12. The summed E-state index contributed by atoms with van der Waals surface area (Å²) in [5.41, 5.74) is 1.52. The van der Waals surface area contributed by atoms with Gasteiger partial charge in [0.05, 0.1) is 0 Å². The zero-order valence-electron chi connectivity index (χ0n) is 8.79. The Kier molecular flexibility index (Phi) is 3.09. The monoisotopic (exact) mass is 270 g/mol. The number of hydrogen-bond donors (Lipinski definition) is 2. The van der Waals surface area contributed by atoms with Gasteiger partial charge in [0.25, 0.3) is 0 Å². The second kappa shape index (κ2) is 4.39. The average Bonchev–Trinajstić information content (AvgIpc) is 2.58. The maximum atomic E-state index is 11.1. The smallest absolute Gasteiger partial charge is 0.339 e. The summed E-state index contributed by atoms with van der Waals surface area (Å²) in [6.45, 7) is 1.64. The van der Waals surface area contributed by atoms with Gasteiger partial charge in [-0.3, -0.25) is 5.10 Å². The molecule has 0 fully saturated rings. The molecule has 0 saturated heterocycles. The number of aryl methyl sites for hydroxylation is 1. The molecule has 0 atom stereocenters. The van der Waals surface area contributed by atoms with Gasteiger partial charge in [0, 0.05) is 21.3 Å². The summed E-state index contributed by atoms with van der Waals surface area (Å²) in [5, 5.41) is 16.6. The van der Waals surface area contributed by atoms with E-state index in [0.717, 1.165) is 0 Å². The number of nitrogens with zero attached hydrogens (tertiary/aromatic N) is 1. The van der Waals surface area contributed by atoms with Gasteiger partial charge >= 0.3 is 5.97 Å². The average molecular weight is 271 g/mol. The number of nitrogens with one attached hydrogen (secondary N) is 1. The van der Waals surface area contributed by atoms with Crippen molar-refractivity contribution in [3.8, 4) is 11.3 Å². The van der Waals surface area contributed by atoms with Gasteiger partial charge in [0.2, 0.25) is 0 Å². The summed E-state index contributed by atoms with van der Waals surface area (Å²) >= 11 is 11.7. The standard InChI is InChI=1S/C11H8Cl2N2O2/c1-5-9(11(16)17)10(15-14-5)6-2-7(12)4-8(13)3-6/h2-4H,1H3,(H,14,15)(H,16,17). The largest absolute Gasteiger partial charge is 0.478 e. The second-order valence-corrected chi connectivity index (χ2v) is 4.41. The van der Waals surface area contributed by atoms with Crippen molar-refractivity contribution in [2.45, 2.75) is 6.92 Å². The fourth-order valence-electron chi connectivity index (χ4n) is 1.59. The molecule has 0 aliphatic rings. The lowest BCUT2D eigenvalue weighted by Gasteiger charge is -2.01. The van der Waals surface area contributed by atoms with E-state index in [9.17, 15) is 4.79 Å². The molecule has 0 aliphatic heterocycles. The molecule has 0 radical (unpaired) electrons. The van der Waals surface area contributed by atoms with Crippen molar-refractivity contribution in [3.63, 3.8) is 0 Å². The molecule has 2 N–H and O–H groups in total. The van der Waals surface area contributed by atoms with Crippen molar-refractivity contribution in [1.82, 2.24) is 10.2 Å². The van der Waals surface area contributed by atoms with Crippen LogP contribution in [-0.4, -0.2) is 21.3 Å². The number of halogens is 2. The van der Waals surface area contributed by atoms with Gasteiger partial charge in [-0.2, -0.15) is 5.10 Å². The minimum Gasteiger partial charge on any atom is -0.478 e. The van der Waals surface area contributed by atoms with Crippen molar-refractivity contribution in [2.75, 3.05) is 0 Å². The SMILES string of the molecule is Cc1[nH]nc(-c2cc(Cl)cc(Cl)c2)c1C(=O)O. The topological polar surface area (TPSA) is 66.0 Å². The Morgan fingerprint density at radius 1 is 1.29 bits per heavy atom. The van der Waals surface area contributed by atoms with E-state index in [1.165, 1.54) is 0 Å². The number of carboxylic acids is 1. The fraction of sp³-hybridized carbons (Fsp3) is 0.0909. The maximum Gasteiger partial charge on any atom is 0.339 e. The number of hydrogen-bond acceptors (Lipinski definition) is 2. The maximum absolute atomic E-state index is 11.1. The predicted molar refractivity (Wildman–Crippen MR) is 65.7 cm³/mol. The molecule has 2 aromatic rings. The zero-order valence-corrected chi connectivity index (χ0v) is 10.3. The molecule has 1 heterocycles. The molecular formula is C11H8Cl2N2O2. The van der Waals surface area contributed by atoms with Crippen LogP contribution in [-0.2, 0) is 0 Å². The van der Waals surface area contributed by atoms with Gasteiger partial charge in [-0.1, -0.05) is 23.2 Å². The van der Waals surface area contributed by atoms with Crippen LogP contribution in [0.25, 0.3) is 11.3 Å². The van der Waals surface area contributed by atoms with Crippen LogP contribution < -0.4 is 0 Å². The normalized spacial score (nSPS) is 10.5. The van der Waals surface area contributed by atoms with Crippen molar-refractivity contribution in [1.29, 1.82) is 0 Å². The summed E-state index contributed by atoms with van der Waals surface area (Å²) in [6.07, 6.45) is 0. The molecule has 2 rings (SSSR count). The number of benzene rings is 1. The third kappa shape index (κ3) is 2.28. The van der Waals surface area contributed by atoms with Gasteiger partial charge in [-0.25, -0.2) is 4.79 Å². The third-order valence-electron chi connectivity index (χ3n) is 2.30. The minimum absolute atomic E-state index is 0.128. The first kappa shape index (κ1) is 12.0. The van der Waals surface area contributed by atoms with E-state index in [2.05, 4.69) is 10.2 Å². The van der Waals surface area contributed by atoms with E-state index in [4.69, 9.17) is 28.3 Å². The number of H-pyrrole nitrogens is 1. The van der Waals surface area contributed by atoms with E-state index >= 15 is 0 Å². The Morgan fingerprint density at radius 2 is 1.88 bits per heavy atom. The van der Waals surface area contributed by atoms with Crippen molar-refractivity contribution in [2.24, 2.45) is 0 Å². The molecule has 0 amide bonds. The summed E-state index contributed by atoms with van der Waals surface area (Å²) < 4.78 is 0. The summed E-state index contributed by atoms with van der Waals surface area (Å²) in [4.78, 5) is 11.1. The molecule has 0 saturated carbocycles. The van der Waals surface area contributed by atoms with Gasteiger partial charge in [-0.05, 0) is 25.1 Å². The van der Waals surface area contributed by atoms with Crippen LogP contribution in [0.1, 0.15) is 16.1 Å². The van der Waals surface area contributed by atoms with E-state index in [0.29, 0.717) is 27.0 Å².